The lowest BCUT2D eigenvalue weighted by atomic mass is 10.0. The van der Waals surface area contributed by atoms with Gasteiger partial charge < -0.3 is 18.9 Å². The highest BCUT2D eigenvalue weighted by Gasteiger charge is 2.16. The van der Waals surface area contributed by atoms with Crippen molar-refractivity contribution < 1.29 is 19.2 Å². The second-order valence-electron chi connectivity index (χ2n) is 7.75. The fourth-order valence-corrected chi connectivity index (χ4v) is 4.21. The molecule has 0 amide bonds. The number of methoxy groups -OCH3 is 1. The Labute approximate surface area is 200 Å². The molecule has 2 aromatic heterocycles. The molecule has 0 radical (unpaired) electrons. The summed E-state index contributed by atoms with van der Waals surface area (Å²) < 4.78 is 12.9. The van der Waals surface area contributed by atoms with E-state index in [-0.39, 0.29) is 6.42 Å². The van der Waals surface area contributed by atoms with Gasteiger partial charge in [0.15, 0.2) is 0 Å². The van der Waals surface area contributed by atoms with Crippen LogP contribution in [0, 0.1) is 0 Å². The van der Waals surface area contributed by atoms with E-state index in [0.717, 1.165) is 38.9 Å². The number of benzene rings is 3. The van der Waals surface area contributed by atoms with Gasteiger partial charge in [-0.1, -0.05) is 47.1 Å². The number of carbonyl (C=O) groups is 1. The topological polar surface area (TPSA) is 90.4 Å². The standard InChI is InChI=1S/C26H20ClN3O4/c1-33-23-10-8-18(14-19(23)16-5-3-2-4-6-16)26-28-25(29-34-26)17-7-9-22-20(13-17)21(27)15-30(22)12-11-24(31)32/h2-10,13-15H,11-12H2,1H3,(H,31,32). The number of carboxylic acids is 1. The molecule has 8 heteroatoms. The fourth-order valence-electron chi connectivity index (χ4n) is 3.94. The molecular weight excluding hydrogens is 454 g/mol. The average molecular weight is 474 g/mol. The molecule has 0 spiro atoms. The Morgan fingerprint density at radius 2 is 1.85 bits per heavy atom. The van der Waals surface area contributed by atoms with Crippen molar-refractivity contribution in [1.29, 1.82) is 0 Å². The van der Waals surface area contributed by atoms with Crippen molar-refractivity contribution in [3.8, 4) is 39.7 Å². The first kappa shape index (κ1) is 21.7. The summed E-state index contributed by atoms with van der Waals surface area (Å²) in [5.41, 5.74) is 4.32. The van der Waals surface area contributed by atoms with Crippen molar-refractivity contribution in [1.82, 2.24) is 14.7 Å². The SMILES string of the molecule is COc1ccc(-c2nc(-c3ccc4c(c3)c(Cl)cn4CCC(=O)O)no2)cc1-c1ccccc1. The summed E-state index contributed by atoms with van der Waals surface area (Å²) in [4.78, 5) is 15.5. The first-order chi connectivity index (χ1) is 16.5. The zero-order valence-electron chi connectivity index (χ0n) is 18.2. The number of hydrogen-bond acceptors (Lipinski definition) is 5. The highest BCUT2D eigenvalue weighted by Crippen LogP contribution is 2.35. The minimum absolute atomic E-state index is 0.0168. The van der Waals surface area contributed by atoms with Gasteiger partial charge in [-0.2, -0.15) is 4.98 Å². The molecule has 2 heterocycles. The lowest BCUT2D eigenvalue weighted by molar-refractivity contribution is -0.137. The van der Waals surface area contributed by atoms with Crippen LogP contribution < -0.4 is 4.74 Å². The normalized spacial score (nSPS) is 11.1. The quantitative estimate of drug-likeness (QED) is 0.304. The number of aliphatic carboxylic acids is 1. The third-order valence-corrected chi connectivity index (χ3v) is 5.92. The van der Waals surface area contributed by atoms with Gasteiger partial charge in [0.25, 0.3) is 5.89 Å². The highest BCUT2D eigenvalue weighted by atomic mass is 35.5. The van der Waals surface area contributed by atoms with Gasteiger partial charge in [-0.15, -0.1) is 0 Å². The number of nitrogens with zero attached hydrogens (tertiary/aromatic N) is 3. The van der Waals surface area contributed by atoms with E-state index in [1.54, 1.807) is 13.3 Å². The molecule has 0 saturated carbocycles. The van der Waals surface area contributed by atoms with Gasteiger partial charge in [-0.05, 0) is 42.0 Å². The predicted molar refractivity (Wildman–Crippen MR) is 130 cm³/mol. The van der Waals surface area contributed by atoms with Crippen molar-refractivity contribution >= 4 is 28.5 Å². The van der Waals surface area contributed by atoms with E-state index < -0.39 is 5.97 Å². The molecule has 3 aromatic carbocycles. The number of carboxylic acid groups (broad SMARTS) is 1. The van der Waals surface area contributed by atoms with Crippen molar-refractivity contribution in [2.45, 2.75) is 13.0 Å². The Morgan fingerprint density at radius 1 is 1.06 bits per heavy atom. The maximum absolute atomic E-state index is 10.9. The van der Waals surface area contributed by atoms with Gasteiger partial charge in [0, 0.05) is 40.3 Å². The first-order valence-electron chi connectivity index (χ1n) is 10.6. The lowest BCUT2D eigenvalue weighted by Crippen LogP contribution is -2.03. The van der Waals surface area contributed by atoms with Crippen LogP contribution in [0.15, 0.2) is 77.4 Å². The van der Waals surface area contributed by atoms with Crippen LogP contribution in [-0.4, -0.2) is 32.9 Å². The molecular formula is C26H20ClN3O4. The van der Waals surface area contributed by atoms with Gasteiger partial charge in [-0.3, -0.25) is 4.79 Å². The van der Waals surface area contributed by atoms with E-state index in [1.807, 2.05) is 71.3 Å². The maximum atomic E-state index is 10.9. The van der Waals surface area contributed by atoms with Gasteiger partial charge >= 0.3 is 5.97 Å². The third kappa shape index (κ3) is 4.13. The van der Waals surface area contributed by atoms with Crippen LogP contribution in [0.4, 0.5) is 0 Å². The monoisotopic (exact) mass is 473 g/mol. The van der Waals surface area contributed by atoms with E-state index in [0.29, 0.717) is 23.3 Å². The number of aryl methyl sites for hydroxylation is 1. The first-order valence-corrected chi connectivity index (χ1v) is 11.0. The van der Waals surface area contributed by atoms with Gasteiger partial charge in [0.1, 0.15) is 5.75 Å². The zero-order chi connectivity index (χ0) is 23.7. The summed E-state index contributed by atoms with van der Waals surface area (Å²) in [5, 5.41) is 14.5. The smallest absolute Gasteiger partial charge is 0.305 e. The number of hydrogen-bond donors (Lipinski definition) is 1. The minimum atomic E-state index is -0.858. The molecule has 170 valence electrons. The zero-order valence-corrected chi connectivity index (χ0v) is 19.0. The lowest BCUT2D eigenvalue weighted by Gasteiger charge is -2.09. The Balaban J connectivity index is 1.48. The Bertz CT molecular complexity index is 1490. The predicted octanol–water partition coefficient (Wildman–Crippen LogP) is 6.16. The van der Waals surface area contributed by atoms with Crippen LogP contribution in [0.25, 0.3) is 44.9 Å². The molecule has 5 rings (SSSR count). The molecule has 0 aliphatic heterocycles. The van der Waals surface area contributed by atoms with Crippen LogP contribution in [-0.2, 0) is 11.3 Å². The van der Waals surface area contributed by atoms with Crippen molar-refractivity contribution in [3.63, 3.8) is 0 Å². The minimum Gasteiger partial charge on any atom is -0.496 e. The molecule has 7 nitrogen and oxygen atoms in total. The fraction of sp³-hybridized carbons (Fsp3) is 0.115. The molecule has 0 bridgehead atoms. The van der Waals surface area contributed by atoms with Crippen molar-refractivity contribution in [2.24, 2.45) is 0 Å². The largest absolute Gasteiger partial charge is 0.496 e. The molecule has 0 saturated heterocycles. The van der Waals surface area contributed by atoms with E-state index in [4.69, 9.17) is 26.0 Å². The Hall–Kier alpha value is -4.10. The number of rotatable bonds is 7. The van der Waals surface area contributed by atoms with Crippen LogP contribution in [0.3, 0.4) is 0 Å². The van der Waals surface area contributed by atoms with Gasteiger partial charge in [0.05, 0.1) is 18.6 Å². The van der Waals surface area contributed by atoms with Crippen molar-refractivity contribution in [2.75, 3.05) is 7.11 Å². The van der Waals surface area contributed by atoms with Crippen LogP contribution in [0.1, 0.15) is 6.42 Å². The molecule has 34 heavy (non-hydrogen) atoms. The maximum Gasteiger partial charge on any atom is 0.305 e. The van der Waals surface area contributed by atoms with Crippen LogP contribution in [0.5, 0.6) is 5.75 Å². The average Bonchev–Trinajstić information content (AvgIpc) is 3.48. The Kier molecular flexibility index (Phi) is 5.77. The molecule has 0 aliphatic carbocycles. The van der Waals surface area contributed by atoms with E-state index in [2.05, 4.69) is 10.1 Å². The number of halogens is 1. The van der Waals surface area contributed by atoms with Crippen molar-refractivity contribution in [3.05, 3.63) is 77.9 Å². The molecule has 0 atom stereocenters. The van der Waals surface area contributed by atoms with E-state index in [9.17, 15) is 4.79 Å². The molecule has 0 fully saturated rings. The molecule has 5 aromatic rings. The van der Waals surface area contributed by atoms with Crippen LogP contribution in [0.2, 0.25) is 5.02 Å². The number of fused-ring (bicyclic) bond motifs is 1. The Morgan fingerprint density at radius 3 is 2.62 bits per heavy atom. The molecule has 0 aliphatic rings. The number of ether oxygens (including phenoxy) is 1. The summed E-state index contributed by atoms with van der Waals surface area (Å²) in [6, 6.07) is 21.3. The van der Waals surface area contributed by atoms with E-state index >= 15 is 0 Å². The second-order valence-corrected chi connectivity index (χ2v) is 8.16. The summed E-state index contributed by atoms with van der Waals surface area (Å²) >= 11 is 6.41. The summed E-state index contributed by atoms with van der Waals surface area (Å²) in [7, 11) is 1.64. The second kappa shape index (κ2) is 9.03. The highest BCUT2D eigenvalue weighted by molar-refractivity contribution is 6.35. The van der Waals surface area contributed by atoms with Gasteiger partial charge in [0.2, 0.25) is 5.82 Å². The molecule has 0 unspecified atom stereocenters. The van der Waals surface area contributed by atoms with E-state index in [1.165, 1.54) is 0 Å². The third-order valence-electron chi connectivity index (χ3n) is 5.61. The van der Waals surface area contributed by atoms with Gasteiger partial charge in [-0.25, -0.2) is 0 Å². The number of aromatic nitrogens is 3. The summed E-state index contributed by atoms with van der Waals surface area (Å²) in [6.45, 7) is 0.339. The summed E-state index contributed by atoms with van der Waals surface area (Å²) in [6.07, 6.45) is 1.76. The van der Waals surface area contributed by atoms with Crippen LogP contribution >= 0.6 is 11.6 Å². The molecule has 1 N–H and O–H groups in total. The summed E-state index contributed by atoms with van der Waals surface area (Å²) in [5.74, 6) is 0.716.